The molecule has 0 aliphatic carbocycles. The molecule has 2 N–H and O–H groups in total. The van der Waals surface area contributed by atoms with E-state index in [1.807, 2.05) is 0 Å². The standard InChI is InChI=1S/C24H43N5O.HI/c1-5-25-24(26-19-21-13-15-28(16-14-21)17-18-30-4)27-20-23(29(6-2)7-3)22-11-9-8-10-12-22;/h8-12,21,23H,5-7,13-20H2,1-4H3,(H2,25,26,27);1H. The molecule has 31 heavy (non-hydrogen) atoms. The number of guanidine groups is 1. The van der Waals surface area contributed by atoms with Crippen LogP contribution < -0.4 is 10.6 Å². The summed E-state index contributed by atoms with van der Waals surface area (Å²) in [6, 6.07) is 11.1. The molecule has 0 amide bonds. The number of likely N-dealkylation sites (tertiary alicyclic amines) is 1. The molecule has 1 atom stereocenters. The first-order valence-electron chi connectivity index (χ1n) is 11.7. The third-order valence-electron chi connectivity index (χ3n) is 6.08. The van der Waals surface area contributed by atoms with E-state index < -0.39 is 0 Å². The summed E-state index contributed by atoms with van der Waals surface area (Å²) in [5.74, 6) is 1.65. The third kappa shape index (κ3) is 10.1. The molecule has 1 aromatic carbocycles. The molecule has 0 radical (unpaired) electrons. The van der Waals surface area contributed by atoms with Crippen molar-refractivity contribution < 1.29 is 4.74 Å². The largest absolute Gasteiger partial charge is 0.383 e. The van der Waals surface area contributed by atoms with Crippen LogP contribution in [0.1, 0.15) is 45.2 Å². The molecule has 1 aliphatic rings. The van der Waals surface area contributed by atoms with Gasteiger partial charge in [-0.2, -0.15) is 0 Å². The van der Waals surface area contributed by atoms with E-state index >= 15 is 0 Å². The highest BCUT2D eigenvalue weighted by atomic mass is 127. The van der Waals surface area contributed by atoms with Crippen LogP contribution in [0, 0.1) is 5.92 Å². The molecule has 0 aromatic heterocycles. The fourth-order valence-electron chi connectivity index (χ4n) is 4.17. The molecule has 1 heterocycles. The highest BCUT2D eigenvalue weighted by Crippen LogP contribution is 2.21. The topological polar surface area (TPSA) is 52.1 Å². The van der Waals surface area contributed by atoms with Gasteiger partial charge >= 0.3 is 0 Å². The zero-order valence-corrected chi connectivity index (χ0v) is 22.3. The number of hydrogen-bond donors (Lipinski definition) is 2. The van der Waals surface area contributed by atoms with Crippen LogP contribution in [0.25, 0.3) is 0 Å². The Kier molecular flexibility index (Phi) is 15.2. The smallest absolute Gasteiger partial charge is 0.191 e. The number of piperidine rings is 1. The highest BCUT2D eigenvalue weighted by Gasteiger charge is 2.20. The summed E-state index contributed by atoms with van der Waals surface area (Å²) in [6.45, 7) is 15.5. The summed E-state index contributed by atoms with van der Waals surface area (Å²) >= 11 is 0. The second kappa shape index (κ2) is 16.7. The Balaban J connectivity index is 0.00000480. The Bertz CT molecular complexity index is 589. The minimum Gasteiger partial charge on any atom is -0.383 e. The minimum atomic E-state index is 0. The summed E-state index contributed by atoms with van der Waals surface area (Å²) in [5.41, 5.74) is 1.34. The maximum Gasteiger partial charge on any atom is 0.191 e. The number of benzene rings is 1. The number of likely N-dealkylation sites (N-methyl/N-ethyl adjacent to an activating group) is 1. The summed E-state index contributed by atoms with van der Waals surface area (Å²) in [5, 5.41) is 7.04. The van der Waals surface area contributed by atoms with Gasteiger partial charge < -0.3 is 20.3 Å². The lowest BCUT2D eigenvalue weighted by Gasteiger charge is -2.32. The molecule has 1 unspecified atom stereocenters. The van der Waals surface area contributed by atoms with E-state index in [4.69, 9.17) is 9.73 Å². The zero-order chi connectivity index (χ0) is 21.6. The number of rotatable bonds is 12. The lowest BCUT2D eigenvalue weighted by atomic mass is 9.97. The summed E-state index contributed by atoms with van der Waals surface area (Å²) < 4.78 is 5.21. The molecule has 0 spiro atoms. The minimum absolute atomic E-state index is 0. The van der Waals surface area contributed by atoms with E-state index in [9.17, 15) is 0 Å². The van der Waals surface area contributed by atoms with Crippen LogP contribution in [0.15, 0.2) is 35.3 Å². The van der Waals surface area contributed by atoms with Crippen LogP contribution in [0.3, 0.4) is 0 Å². The monoisotopic (exact) mass is 545 g/mol. The van der Waals surface area contributed by atoms with Gasteiger partial charge in [-0.3, -0.25) is 9.89 Å². The molecular formula is C24H44IN5O. The molecule has 0 saturated carbocycles. The van der Waals surface area contributed by atoms with Gasteiger partial charge in [0.25, 0.3) is 0 Å². The van der Waals surface area contributed by atoms with E-state index in [2.05, 4.69) is 71.5 Å². The average Bonchev–Trinajstić information content (AvgIpc) is 2.80. The Morgan fingerprint density at radius 3 is 2.39 bits per heavy atom. The van der Waals surface area contributed by atoms with Crippen LogP contribution in [-0.2, 0) is 4.74 Å². The highest BCUT2D eigenvalue weighted by molar-refractivity contribution is 14.0. The molecule has 1 fully saturated rings. The van der Waals surface area contributed by atoms with Gasteiger partial charge in [-0.15, -0.1) is 24.0 Å². The number of halogens is 1. The second-order valence-corrected chi connectivity index (χ2v) is 8.03. The Morgan fingerprint density at radius 2 is 1.81 bits per heavy atom. The Morgan fingerprint density at radius 1 is 1.13 bits per heavy atom. The zero-order valence-electron chi connectivity index (χ0n) is 20.0. The van der Waals surface area contributed by atoms with Crippen LogP contribution >= 0.6 is 24.0 Å². The van der Waals surface area contributed by atoms with Crippen LogP contribution in [0.5, 0.6) is 0 Å². The molecular weight excluding hydrogens is 501 g/mol. The van der Waals surface area contributed by atoms with Crippen LogP contribution in [0.4, 0.5) is 0 Å². The molecule has 1 aromatic rings. The second-order valence-electron chi connectivity index (χ2n) is 8.03. The van der Waals surface area contributed by atoms with Gasteiger partial charge in [0.1, 0.15) is 0 Å². The number of methoxy groups -OCH3 is 1. The predicted molar refractivity (Wildman–Crippen MR) is 143 cm³/mol. The van der Waals surface area contributed by atoms with Gasteiger partial charge in [0.2, 0.25) is 0 Å². The normalized spacial score (nSPS) is 16.7. The molecule has 2 rings (SSSR count). The van der Waals surface area contributed by atoms with Crippen molar-refractivity contribution in [1.29, 1.82) is 0 Å². The number of hydrogen-bond acceptors (Lipinski definition) is 4. The first-order chi connectivity index (χ1) is 14.7. The number of ether oxygens (including phenoxy) is 1. The predicted octanol–water partition coefficient (Wildman–Crippen LogP) is 3.60. The van der Waals surface area contributed by atoms with E-state index in [0.717, 1.165) is 51.8 Å². The number of nitrogens with zero attached hydrogens (tertiary/aromatic N) is 3. The summed E-state index contributed by atoms with van der Waals surface area (Å²) in [7, 11) is 1.78. The fraction of sp³-hybridized carbons (Fsp3) is 0.708. The van der Waals surface area contributed by atoms with Crippen molar-refractivity contribution in [3.05, 3.63) is 35.9 Å². The van der Waals surface area contributed by atoms with Gasteiger partial charge in [-0.05, 0) is 57.4 Å². The van der Waals surface area contributed by atoms with Gasteiger partial charge in [-0.25, -0.2) is 0 Å². The van der Waals surface area contributed by atoms with Crippen molar-refractivity contribution >= 4 is 29.9 Å². The third-order valence-corrected chi connectivity index (χ3v) is 6.08. The van der Waals surface area contributed by atoms with Crippen molar-refractivity contribution in [1.82, 2.24) is 20.4 Å². The molecule has 178 valence electrons. The molecule has 6 nitrogen and oxygen atoms in total. The van der Waals surface area contributed by atoms with Gasteiger partial charge in [-0.1, -0.05) is 44.2 Å². The average molecular weight is 546 g/mol. The van der Waals surface area contributed by atoms with Gasteiger partial charge in [0.15, 0.2) is 5.96 Å². The van der Waals surface area contributed by atoms with Crippen molar-refractivity contribution in [2.75, 3.05) is 66.1 Å². The molecule has 7 heteroatoms. The van der Waals surface area contributed by atoms with Crippen LogP contribution in [-0.4, -0.2) is 81.8 Å². The quantitative estimate of drug-likeness (QED) is 0.239. The van der Waals surface area contributed by atoms with E-state index in [1.54, 1.807) is 7.11 Å². The lowest BCUT2D eigenvalue weighted by molar-refractivity contribution is 0.121. The maximum atomic E-state index is 5.21. The first-order valence-corrected chi connectivity index (χ1v) is 11.7. The Hall–Kier alpha value is -0.900. The van der Waals surface area contributed by atoms with Crippen molar-refractivity contribution in [3.63, 3.8) is 0 Å². The SMILES string of the molecule is CCNC(=NCC(c1ccccc1)N(CC)CC)NCC1CCN(CCOC)CC1.I. The summed E-state index contributed by atoms with van der Waals surface area (Å²) in [4.78, 5) is 9.96. The number of aliphatic imine (C=N–C) groups is 1. The van der Waals surface area contributed by atoms with E-state index in [0.29, 0.717) is 12.0 Å². The molecule has 0 bridgehead atoms. The fourth-order valence-corrected chi connectivity index (χ4v) is 4.17. The van der Waals surface area contributed by atoms with E-state index in [1.165, 1.54) is 31.5 Å². The summed E-state index contributed by atoms with van der Waals surface area (Å²) in [6.07, 6.45) is 2.48. The van der Waals surface area contributed by atoms with Crippen molar-refractivity contribution in [2.45, 2.75) is 39.7 Å². The Labute approximate surface area is 207 Å². The van der Waals surface area contributed by atoms with Crippen LogP contribution in [0.2, 0.25) is 0 Å². The van der Waals surface area contributed by atoms with Crippen molar-refractivity contribution in [3.8, 4) is 0 Å². The molecule has 1 aliphatic heterocycles. The van der Waals surface area contributed by atoms with E-state index in [-0.39, 0.29) is 24.0 Å². The van der Waals surface area contributed by atoms with Gasteiger partial charge in [0.05, 0.1) is 19.2 Å². The lowest BCUT2D eigenvalue weighted by Crippen LogP contribution is -2.43. The number of nitrogens with one attached hydrogen (secondary N) is 2. The van der Waals surface area contributed by atoms with Gasteiger partial charge in [0, 0.05) is 26.7 Å². The molecule has 1 saturated heterocycles. The maximum absolute atomic E-state index is 5.21. The first kappa shape index (κ1) is 28.1. The van der Waals surface area contributed by atoms with Crippen molar-refractivity contribution in [2.24, 2.45) is 10.9 Å².